The third-order valence-electron chi connectivity index (χ3n) is 3.81. The third-order valence-corrected chi connectivity index (χ3v) is 5.32. The number of nitrogens with one attached hydrogen (secondary N) is 2. The van der Waals surface area contributed by atoms with Crippen LogP contribution in [0.3, 0.4) is 0 Å². The van der Waals surface area contributed by atoms with Crippen LogP contribution in [-0.4, -0.2) is 51.3 Å². The molecule has 4 N–H and O–H groups in total. The van der Waals surface area contributed by atoms with Gasteiger partial charge in [0.1, 0.15) is 0 Å². The molecule has 0 spiro atoms. The van der Waals surface area contributed by atoms with Crippen LogP contribution in [0.15, 0.2) is 0 Å². The maximum Gasteiger partial charge on any atom is 0.315 e. The first kappa shape index (κ1) is 19.6. The highest BCUT2D eigenvalue weighted by Gasteiger charge is 2.42. The summed E-state index contributed by atoms with van der Waals surface area (Å²) in [4.78, 5) is 31.2. The predicted octanol–water partition coefficient (Wildman–Crippen LogP) is 2.06. The second-order valence-corrected chi connectivity index (χ2v) is 7.03. The predicted molar refractivity (Wildman–Crippen MR) is 88.8 cm³/mol. The molecule has 8 heteroatoms. The van der Waals surface area contributed by atoms with Gasteiger partial charge in [0.2, 0.25) is 0 Å². The molecule has 2 fully saturated rings. The van der Waals surface area contributed by atoms with E-state index in [9.17, 15) is 14.4 Å². The molecule has 23 heavy (non-hydrogen) atoms. The number of aliphatic carboxylic acids is 2. The highest BCUT2D eigenvalue weighted by molar-refractivity contribution is 8.00. The molecule has 0 bridgehead atoms. The number of hydrogen-bond donors (Lipinski definition) is 4. The first-order valence-electron chi connectivity index (χ1n) is 8.06. The minimum Gasteiger partial charge on any atom is -0.481 e. The Morgan fingerprint density at radius 3 is 2.35 bits per heavy atom. The molecule has 2 saturated heterocycles. The summed E-state index contributed by atoms with van der Waals surface area (Å²) in [6, 6.07) is 0.440. The minimum atomic E-state index is -0.729. The maximum atomic E-state index is 11.1. The maximum absolute atomic E-state index is 11.1. The molecule has 0 aromatic carbocycles. The summed E-state index contributed by atoms with van der Waals surface area (Å²) in [5.41, 5.74) is 0. The fraction of sp³-hybridized carbons (Fsp3) is 0.800. The van der Waals surface area contributed by atoms with Gasteiger partial charge in [-0.2, -0.15) is 11.8 Å². The van der Waals surface area contributed by atoms with Crippen LogP contribution in [-0.2, 0) is 9.59 Å². The number of carboxylic acid groups (broad SMARTS) is 2. The van der Waals surface area contributed by atoms with E-state index < -0.39 is 11.9 Å². The van der Waals surface area contributed by atoms with Gasteiger partial charge in [0.05, 0.1) is 12.1 Å². The lowest BCUT2D eigenvalue weighted by molar-refractivity contribution is -0.138. The Hall–Kier alpha value is -1.44. The number of carbonyl (C=O) groups excluding carboxylic acids is 1. The van der Waals surface area contributed by atoms with Crippen molar-refractivity contribution in [3.63, 3.8) is 0 Å². The lowest BCUT2D eigenvalue weighted by atomic mass is 10.0. The lowest BCUT2D eigenvalue weighted by Crippen LogP contribution is -2.36. The number of urea groups is 1. The van der Waals surface area contributed by atoms with Gasteiger partial charge in [-0.1, -0.05) is 19.8 Å². The zero-order valence-electron chi connectivity index (χ0n) is 13.4. The fourth-order valence-electron chi connectivity index (χ4n) is 2.59. The molecule has 0 aromatic heterocycles. The van der Waals surface area contributed by atoms with Crippen molar-refractivity contribution in [2.24, 2.45) is 0 Å². The smallest absolute Gasteiger partial charge is 0.315 e. The van der Waals surface area contributed by atoms with Gasteiger partial charge in [-0.15, -0.1) is 0 Å². The Labute approximate surface area is 140 Å². The summed E-state index contributed by atoms with van der Waals surface area (Å²) in [7, 11) is 0. The van der Waals surface area contributed by atoms with Gasteiger partial charge in [0.15, 0.2) is 0 Å². The average molecular weight is 346 g/mol. The van der Waals surface area contributed by atoms with Crippen LogP contribution in [0.1, 0.15) is 51.9 Å². The van der Waals surface area contributed by atoms with Crippen molar-refractivity contribution in [3.8, 4) is 0 Å². The first-order chi connectivity index (χ1) is 10.9. The zero-order chi connectivity index (χ0) is 17.2. The molecule has 2 amide bonds. The van der Waals surface area contributed by atoms with Crippen LogP contribution in [0.2, 0.25) is 0 Å². The van der Waals surface area contributed by atoms with Crippen LogP contribution in [0, 0.1) is 0 Å². The molecular formula is C15H26N2O5S. The van der Waals surface area contributed by atoms with Crippen molar-refractivity contribution in [1.82, 2.24) is 10.6 Å². The molecular weight excluding hydrogens is 320 g/mol. The van der Waals surface area contributed by atoms with Crippen LogP contribution in [0.5, 0.6) is 0 Å². The highest BCUT2D eigenvalue weighted by atomic mass is 32.2. The van der Waals surface area contributed by atoms with Gasteiger partial charge in [0, 0.05) is 23.8 Å². The number of rotatable bonds is 8. The summed E-state index contributed by atoms with van der Waals surface area (Å²) in [6.07, 6.45) is 4.96. The highest BCUT2D eigenvalue weighted by Crippen LogP contribution is 2.33. The summed E-state index contributed by atoms with van der Waals surface area (Å²) < 4.78 is 0. The largest absolute Gasteiger partial charge is 0.481 e. The van der Waals surface area contributed by atoms with E-state index in [4.69, 9.17) is 10.2 Å². The van der Waals surface area contributed by atoms with Crippen molar-refractivity contribution >= 4 is 29.7 Å². The zero-order valence-corrected chi connectivity index (χ0v) is 14.2. The van der Waals surface area contributed by atoms with E-state index in [1.165, 1.54) is 0 Å². The Kier molecular flexibility index (Phi) is 8.83. The Morgan fingerprint density at radius 2 is 1.78 bits per heavy atom. The second-order valence-electron chi connectivity index (χ2n) is 5.76. The second kappa shape index (κ2) is 10.4. The van der Waals surface area contributed by atoms with E-state index in [0.29, 0.717) is 11.7 Å². The van der Waals surface area contributed by atoms with Crippen molar-refractivity contribution < 1.29 is 24.6 Å². The van der Waals surface area contributed by atoms with Crippen molar-refractivity contribution in [2.45, 2.75) is 69.2 Å². The van der Waals surface area contributed by atoms with Crippen LogP contribution >= 0.6 is 11.8 Å². The van der Waals surface area contributed by atoms with Gasteiger partial charge in [-0.25, -0.2) is 4.79 Å². The van der Waals surface area contributed by atoms with Gasteiger partial charge >= 0.3 is 18.0 Å². The first-order valence-corrected chi connectivity index (χ1v) is 9.11. The summed E-state index contributed by atoms with van der Waals surface area (Å²) >= 11 is 1.87. The molecule has 2 aliphatic rings. The molecule has 2 rings (SSSR count). The van der Waals surface area contributed by atoms with Crippen LogP contribution in [0.25, 0.3) is 0 Å². The Morgan fingerprint density at radius 1 is 1.13 bits per heavy atom. The number of amides is 2. The summed E-state index contributed by atoms with van der Waals surface area (Å²) in [6.45, 7) is 1.98. The standard InChI is InChI=1S/C10H16N2O3S.C5H10O2/c13-8(14)4-2-1-3-7-9-6(5-16-7)11-10(15)12-9;1-2-3-4-5(6)7/h6-7,9H,1-5H2,(H,13,14)(H2,11,12,15);2-4H2,1H3,(H,6,7)/t6-,7-,9-;/m0./s1. The van der Waals surface area contributed by atoms with E-state index in [0.717, 1.165) is 37.9 Å². The van der Waals surface area contributed by atoms with Crippen molar-refractivity contribution in [2.75, 3.05) is 5.75 Å². The van der Waals surface area contributed by atoms with Gasteiger partial charge in [0.25, 0.3) is 0 Å². The molecule has 0 saturated carbocycles. The van der Waals surface area contributed by atoms with E-state index >= 15 is 0 Å². The number of thioether (sulfide) groups is 1. The van der Waals surface area contributed by atoms with E-state index in [-0.39, 0.29) is 24.5 Å². The molecule has 0 radical (unpaired) electrons. The normalized spacial score (nSPS) is 24.9. The number of hydrogen-bond acceptors (Lipinski definition) is 4. The summed E-state index contributed by atoms with van der Waals surface area (Å²) in [5.74, 6) is -0.456. The molecule has 0 aliphatic carbocycles. The topological polar surface area (TPSA) is 116 Å². The molecule has 7 nitrogen and oxygen atoms in total. The quantitative estimate of drug-likeness (QED) is 0.395. The van der Waals surface area contributed by atoms with Gasteiger partial charge in [-0.05, 0) is 19.3 Å². The fourth-order valence-corrected chi connectivity index (χ4v) is 4.14. The Bertz CT molecular complexity index is 419. The average Bonchev–Trinajstić information content (AvgIpc) is 3.01. The molecule has 132 valence electrons. The molecule has 2 aliphatic heterocycles. The van der Waals surface area contributed by atoms with Crippen LogP contribution < -0.4 is 10.6 Å². The SMILES string of the molecule is CCCCC(=O)O.O=C(O)CCCC[C@@H]1SC[C@@H]2NC(=O)N[C@@H]21. The lowest BCUT2D eigenvalue weighted by Gasteiger charge is -2.16. The van der Waals surface area contributed by atoms with Crippen LogP contribution in [0.4, 0.5) is 4.79 Å². The third kappa shape index (κ3) is 7.58. The van der Waals surface area contributed by atoms with Crippen molar-refractivity contribution in [3.05, 3.63) is 0 Å². The monoisotopic (exact) mass is 346 g/mol. The molecule has 3 atom stereocenters. The van der Waals surface area contributed by atoms with E-state index in [1.807, 2.05) is 18.7 Å². The van der Waals surface area contributed by atoms with Crippen molar-refractivity contribution in [1.29, 1.82) is 0 Å². The molecule has 0 aromatic rings. The number of unbranched alkanes of at least 4 members (excludes halogenated alkanes) is 2. The number of carbonyl (C=O) groups is 3. The van der Waals surface area contributed by atoms with E-state index in [1.54, 1.807) is 0 Å². The minimum absolute atomic E-state index is 0.0640. The van der Waals surface area contributed by atoms with Gasteiger partial charge in [-0.3, -0.25) is 9.59 Å². The van der Waals surface area contributed by atoms with E-state index in [2.05, 4.69) is 10.6 Å². The number of carboxylic acids is 2. The Balaban J connectivity index is 0.000000322. The molecule has 0 unspecified atom stereocenters. The molecule has 2 heterocycles. The van der Waals surface area contributed by atoms with Gasteiger partial charge < -0.3 is 20.8 Å². The number of fused-ring (bicyclic) bond motifs is 1. The summed E-state index contributed by atoms with van der Waals surface area (Å²) in [5, 5.41) is 22.8.